The lowest BCUT2D eigenvalue weighted by Gasteiger charge is -2.47. The van der Waals surface area contributed by atoms with E-state index in [1.165, 1.54) is 18.5 Å². The van der Waals surface area contributed by atoms with E-state index in [1.807, 2.05) is 0 Å². The molecular weight excluding hydrogens is 336 g/mol. The highest BCUT2D eigenvalue weighted by Gasteiger charge is 2.42. The molecule has 1 aromatic heterocycles. The van der Waals surface area contributed by atoms with Crippen LogP contribution in [0.5, 0.6) is 0 Å². The summed E-state index contributed by atoms with van der Waals surface area (Å²) in [7, 11) is 0. The van der Waals surface area contributed by atoms with Crippen molar-refractivity contribution < 1.29 is 19.5 Å². The van der Waals surface area contributed by atoms with Gasteiger partial charge in [0.15, 0.2) is 0 Å². The van der Waals surface area contributed by atoms with Crippen molar-refractivity contribution in [3.63, 3.8) is 0 Å². The molecule has 1 aromatic rings. The average molecular weight is 360 g/mol. The van der Waals surface area contributed by atoms with Crippen LogP contribution in [0.4, 0.5) is 5.69 Å². The summed E-state index contributed by atoms with van der Waals surface area (Å²) < 4.78 is 0. The third-order valence-corrected chi connectivity index (χ3v) is 5.29. The molecule has 0 radical (unpaired) electrons. The van der Waals surface area contributed by atoms with E-state index in [0.717, 1.165) is 12.8 Å². The van der Waals surface area contributed by atoms with Gasteiger partial charge in [0.25, 0.3) is 0 Å². The van der Waals surface area contributed by atoms with Gasteiger partial charge in [0.2, 0.25) is 5.91 Å². The molecule has 1 aliphatic heterocycles. The number of likely N-dealkylation sites (tertiary alicyclic amines) is 1. The standard InChI is InChI=1S/C18H24N4O4/c1-10-2-3-15(11-5-14(23)6-11)22(9-10)18(26)17(25)21-13-4-12(16(19)24)7-20-8-13/h4,7-8,10-11,14-15,23H,2-3,5-6,9H2,1H3,(H2,19,24)(H,21,25)/t10-,11-,14-,15?/m1/s1. The number of primary amides is 1. The number of carbonyl (C=O) groups excluding carboxylic acids is 3. The number of pyridine rings is 1. The Morgan fingerprint density at radius 2 is 2.00 bits per heavy atom. The molecule has 1 aliphatic carbocycles. The summed E-state index contributed by atoms with van der Waals surface area (Å²) in [5.41, 5.74) is 5.61. The van der Waals surface area contributed by atoms with Crippen molar-refractivity contribution in [3.8, 4) is 0 Å². The van der Waals surface area contributed by atoms with Gasteiger partial charge in [-0.3, -0.25) is 19.4 Å². The van der Waals surface area contributed by atoms with E-state index in [0.29, 0.717) is 25.3 Å². The largest absolute Gasteiger partial charge is 0.393 e. The molecule has 0 aromatic carbocycles. The van der Waals surface area contributed by atoms with Crippen LogP contribution in [0, 0.1) is 11.8 Å². The third-order valence-electron chi connectivity index (χ3n) is 5.29. The van der Waals surface area contributed by atoms with Crippen LogP contribution in [0.15, 0.2) is 18.5 Å². The number of rotatable bonds is 3. The summed E-state index contributed by atoms with van der Waals surface area (Å²) in [6, 6.07) is 1.38. The molecule has 8 nitrogen and oxygen atoms in total. The van der Waals surface area contributed by atoms with Gasteiger partial charge in [0, 0.05) is 18.8 Å². The summed E-state index contributed by atoms with van der Waals surface area (Å²) >= 11 is 0. The number of aliphatic hydroxyl groups excluding tert-OH is 1. The summed E-state index contributed by atoms with van der Waals surface area (Å²) in [6.45, 7) is 2.59. The predicted molar refractivity (Wildman–Crippen MR) is 94.0 cm³/mol. The molecule has 26 heavy (non-hydrogen) atoms. The van der Waals surface area contributed by atoms with E-state index in [2.05, 4.69) is 17.2 Å². The van der Waals surface area contributed by atoms with Crippen LogP contribution >= 0.6 is 0 Å². The van der Waals surface area contributed by atoms with E-state index < -0.39 is 17.7 Å². The van der Waals surface area contributed by atoms with Crippen molar-refractivity contribution in [2.75, 3.05) is 11.9 Å². The molecule has 2 fully saturated rings. The first-order chi connectivity index (χ1) is 12.3. The number of nitrogens with one attached hydrogen (secondary N) is 1. The number of anilines is 1. The molecule has 140 valence electrons. The molecule has 0 spiro atoms. The molecule has 2 heterocycles. The second kappa shape index (κ2) is 7.41. The van der Waals surface area contributed by atoms with Gasteiger partial charge >= 0.3 is 11.8 Å². The van der Waals surface area contributed by atoms with E-state index >= 15 is 0 Å². The van der Waals surface area contributed by atoms with Crippen LogP contribution in [0.3, 0.4) is 0 Å². The Labute approximate surface area is 151 Å². The first-order valence-electron chi connectivity index (χ1n) is 8.90. The van der Waals surface area contributed by atoms with Crippen molar-refractivity contribution in [3.05, 3.63) is 24.0 Å². The minimum absolute atomic E-state index is 0.0112. The van der Waals surface area contributed by atoms with Crippen LogP contribution in [0.2, 0.25) is 0 Å². The minimum atomic E-state index is -0.757. The SMILES string of the molecule is C[C@@H]1CCC([C@H]2C[C@H](O)C2)N(C(=O)C(=O)Nc2cncc(C(N)=O)c2)C1. The van der Waals surface area contributed by atoms with Gasteiger partial charge < -0.3 is 21.1 Å². The quantitative estimate of drug-likeness (QED) is 0.678. The topological polar surface area (TPSA) is 126 Å². The number of aromatic nitrogens is 1. The fraction of sp³-hybridized carbons (Fsp3) is 0.556. The smallest absolute Gasteiger partial charge is 0.313 e. The zero-order chi connectivity index (χ0) is 18.8. The first-order valence-corrected chi connectivity index (χ1v) is 8.90. The lowest BCUT2D eigenvalue weighted by atomic mass is 9.73. The minimum Gasteiger partial charge on any atom is -0.393 e. The predicted octanol–water partition coefficient (Wildman–Crippen LogP) is 0.517. The number of carbonyl (C=O) groups is 3. The van der Waals surface area contributed by atoms with Gasteiger partial charge in [0.05, 0.1) is 23.6 Å². The maximum Gasteiger partial charge on any atom is 0.313 e. The van der Waals surface area contributed by atoms with Gasteiger partial charge in [-0.2, -0.15) is 0 Å². The van der Waals surface area contributed by atoms with Crippen molar-refractivity contribution >= 4 is 23.4 Å². The van der Waals surface area contributed by atoms with Gasteiger partial charge in [-0.25, -0.2) is 0 Å². The summed E-state index contributed by atoms with van der Waals surface area (Å²) in [5, 5.41) is 12.1. The average Bonchev–Trinajstić information content (AvgIpc) is 2.58. The Morgan fingerprint density at radius 3 is 2.65 bits per heavy atom. The zero-order valence-electron chi connectivity index (χ0n) is 14.7. The fourth-order valence-corrected chi connectivity index (χ4v) is 3.80. The third kappa shape index (κ3) is 3.85. The molecule has 8 heteroatoms. The van der Waals surface area contributed by atoms with Gasteiger partial charge in [-0.05, 0) is 43.6 Å². The lowest BCUT2D eigenvalue weighted by Crippen LogP contribution is -2.55. The molecular formula is C18H24N4O4. The molecule has 0 bridgehead atoms. The second-order valence-electron chi connectivity index (χ2n) is 7.37. The number of nitrogens with two attached hydrogens (primary N) is 1. The summed E-state index contributed by atoms with van der Waals surface area (Å²) in [5.74, 6) is -1.44. The Hall–Kier alpha value is -2.48. The molecule has 3 rings (SSSR count). The number of amides is 3. The van der Waals surface area contributed by atoms with Crippen LogP contribution in [0.25, 0.3) is 0 Å². The van der Waals surface area contributed by atoms with Crippen molar-refractivity contribution in [1.82, 2.24) is 9.88 Å². The number of nitrogens with zero attached hydrogens (tertiary/aromatic N) is 2. The maximum absolute atomic E-state index is 12.7. The molecule has 3 amide bonds. The highest BCUT2D eigenvalue weighted by Crippen LogP contribution is 2.38. The van der Waals surface area contributed by atoms with E-state index in [4.69, 9.17) is 5.73 Å². The molecule has 1 saturated carbocycles. The van der Waals surface area contributed by atoms with Crippen molar-refractivity contribution in [2.24, 2.45) is 17.6 Å². The van der Waals surface area contributed by atoms with E-state index in [-0.39, 0.29) is 29.3 Å². The monoisotopic (exact) mass is 360 g/mol. The molecule has 1 unspecified atom stereocenters. The van der Waals surface area contributed by atoms with Gasteiger partial charge in [-0.15, -0.1) is 0 Å². The van der Waals surface area contributed by atoms with Gasteiger partial charge in [0.1, 0.15) is 0 Å². The Balaban J connectivity index is 1.70. The molecule has 2 aliphatic rings. The first kappa shape index (κ1) is 18.3. The Bertz CT molecular complexity index is 717. The number of hydrogen-bond acceptors (Lipinski definition) is 5. The van der Waals surface area contributed by atoms with Crippen LogP contribution < -0.4 is 11.1 Å². The van der Waals surface area contributed by atoms with Crippen LogP contribution in [-0.2, 0) is 9.59 Å². The van der Waals surface area contributed by atoms with Gasteiger partial charge in [-0.1, -0.05) is 6.92 Å². The maximum atomic E-state index is 12.7. The fourth-order valence-electron chi connectivity index (χ4n) is 3.80. The molecule has 1 saturated heterocycles. The summed E-state index contributed by atoms with van der Waals surface area (Å²) in [6.07, 6.45) is 5.56. The Kier molecular flexibility index (Phi) is 5.22. The highest BCUT2D eigenvalue weighted by molar-refractivity contribution is 6.39. The summed E-state index contributed by atoms with van der Waals surface area (Å²) in [4.78, 5) is 41.9. The second-order valence-corrected chi connectivity index (χ2v) is 7.37. The van der Waals surface area contributed by atoms with E-state index in [1.54, 1.807) is 4.90 Å². The molecule has 2 atom stereocenters. The zero-order valence-corrected chi connectivity index (χ0v) is 14.7. The number of piperidine rings is 1. The molecule has 4 N–H and O–H groups in total. The van der Waals surface area contributed by atoms with Crippen molar-refractivity contribution in [1.29, 1.82) is 0 Å². The number of aliphatic hydroxyl groups is 1. The number of hydrogen-bond donors (Lipinski definition) is 3. The normalized spacial score (nSPS) is 28.2. The van der Waals surface area contributed by atoms with Crippen LogP contribution in [-0.4, -0.2) is 51.4 Å². The lowest BCUT2D eigenvalue weighted by molar-refractivity contribution is -0.149. The highest BCUT2D eigenvalue weighted by atomic mass is 16.3. The Morgan fingerprint density at radius 1 is 1.27 bits per heavy atom. The van der Waals surface area contributed by atoms with E-state index in [9.17, 15) is 19.5 Å². The van der Waals surface area contributed by atoms with Crippen molar-refractivity contribution in [2.45, 2.75) is 44.8 Å². The van der Waals surface area contributed by atoms with Crippen LogP contribution in [0.1, 0.15) is 43.0 Å².